The van der Waals surface area contributed by atoms with Gasteiger partial charge in [0.25, 0.3) is 5.91 Å². The first kappa shape index (κ1) is 19.1. The lowest BCUT2D eigenvalue weighted by Gasteiger charge is -2.27. The van der Waals surface area contributed by atoms with E-state index in [4.69, 9.17) is 17.0 Å². The molecular formula is C20H16NO4S2-. The summed E-state index contributed by atoms with van der Waals surface area (Å²) in [6.07, 6.45) is 1.41. The number of hydrogen-bond donors (Lipinski definition) is 0. The number of rotatable bonds is 6. The van der Waals surface area contributed by atoms with E-state index in [1.165, 1.54) is 4.90 Å². The van der Waals surface area contributed by atoms with Gasteiger partial charge in [-0.05, 0) is 29.3 Å². The third kappa shape index (κ3) is 4.37. The monoisotopic (exact) mass is 398 g/mol. The summed E-state index contributed by atoms with van der Waals surface area (Å²) in [5.41, 5.74) is 1.52. The van der Waals surface area contributed by atoms with E-state index in [0.29, 0.717) is 14.8 Å². The van der Waals surface area contributed by atoms with Gasteiger partial charge < -0.3 is 14.6 Å². The molecule has 0 bridgehead atoms. The van der Waals surface area contributed by atoms with Crippen molar-refractivity contribution in [1.29, 1.82) is 0 Å². The maximum absolute atomic E-state index is 13.0. The number of carbonyl (C=O) groups is 2. The van der Waals surface area contributed by atoms with Crippen molar-refractivity contribution in [3.05, 3.63) is 70.6 Å². The Morgan fingerprint density at radius 3 is 2.48 bits per heavy atom. The van der Waals surface area contributed by atoms with Gasteiger partial charge >= 0.3 is 0 Å². The highest BCUT2D eigenvalue weighted by Crippen LogP contribution is 2.39. The summed E-state index contributed by atoms with van der Waals surface area (Å²) in [4.78, 5) is 26.0. The van der Waals surface area contributed by atoms with Gasteiger partial charge in [-0.15, -0.1) is 0 Å². The summed E-state index contributed by atoms with van der Waals surface area (Å²) in [6.45, 7) is 0. The van der Waals surface area contributed by atoms with Gasteiger partial charge in [-0.3, -0.25) is 9.69 Å². The molecule has 3 rings (SSSR count). The topological polar surface area (TPSA) is 69.7 Å². The Morgan fingerprint density at radius 2 is 1.89 bits per heavy atom. The van der Waals surface area contributed by atoms with Crippen LogP contribution in [-0.2, 0) is 9.59 Å². The normalized spacial score (nSPS) is 16.6. The quantitative estimate of drug-likeness (QED) is 0.551. The molecule has 0 radical (unpaired) electrons. The molecule has 1 amide bonds. The van der Waals surface area contributed by atoms with Gasteiger partial charge in [-0.2, -0.15) is 0 Å². The number of aliphatic carboxylic acids is 1. The number of thioether (sulfide) groups is 1. The first-order chi connectivity index (χ1) is 13.0. The fraction of sp³-hybridized carbons (Fsp3) is 0.150. The summed E-state index contributed by atoms with van der Waals surface area (Å²) < 4.78 is 5.46. The minimum Gasteiger partial charge on any atom is -0.550 e. The zero-order valence-electron chi connectivity index (χ0n) is 14.5. The zero-order valence-corrected chi connectivity index (χ0v) is 16.1. The number of amides is 1. The lowest BCUT2D eigenvalue weighted by molar-refractivity contribution is -0.306. The maximum atomic E-state index is 13.0. The number of hydrogen-bond acceptors (Lipinski definition) is 6. The van der Waals surface area contributed by atoms with Crippen LogP contribution in [0.1, 0.15) is 23.6 Å². The first-order valence-corrected chi connectivity index (χ1v) is 9.38. The Balaban J connectivity index is 1.91. The van der Waals surface area contributed by atoms with Gasteiger partial charge in [0.05, 0.1) is 18.1 Å². The summed E-state index contributed by atoms with van der Waals surface area (Å²) in [5, 5.41) is 11.3. The van der Waals surface area contributed by atoms with Crippen molar-refractivity contribution in [2.24, 2.45) is 0 Å². The zero-order chi connectivity index (χ0) is 19.4. The summed E-state index contributed by atoms with van der Waals surface area (Å²) in [5.74, 6) is -0.828. The van der Waals surface area contributed by atoms with Crippen molar-refractivity contribution >= 4 is 46.3 Å². The third-order valence-corrected chi connectivity index (χ3v) is 5.42. The molecule has 0 N–H and O–H groups in total. The van der Waals surface area contributed by atoms with Crippen molar-refractivity contribution in [3.63, 3.8) is 0 Å². The fourth-order valence-electron chi connectivity index (χ4n) is 2.79. The average molecular weight is 398 g/mol. The minimum absolute atomic E-state index is 0.309. The van der Waals surface area contributed by atoms with Crippen LogP contribution < -0.4 is 9.84 Å². The molecule has 27 heavy (non-hydrogen) atoms. The van der Waals surface area contributed by atoms with Crippen molar-refractivity contribution in [3.8, 4) is 5.75 Å². The molecule has 0 aromatic heterocycles. The van der Waals surface area contributed by atoms with Crippen LogP contribution in [0.3, 0.4) is 0 Å². The highest BCUT2D eigenvalue weighted by molar-refractivity contribution is 8.26. The molecule has 2 aromatic carbocycles. The minimum atomic E-state index is -1.24. The van der Waals surface area contributed by atoms with E-state index in [-0.39, 0.29) is 12.3 Å². The number of benzene rings is 2. The predicted molar refractivity (Wildman–Crippen MR) is 107 cm³/mol. The maximum Gasteiger partial charge on any atom is 0.266 e. The first-order valence-electron chi connectivity index (χ1n) is 8.15. The number of methoxy groups -OCH3 is 1. The van der Waals surface area contributed by atoms with Gasteiger partial charge in [0.2, 0.25) is 0 Å². The number of carboxylic acid groups (broad SMARTS) is 1. The van der Waals surface area contributed by atoms with Crippen LogP contribution >= 0.6 is 24.0 Å². The molecule has 0 saturated carbocycles. The van der Waals surface area contributed by atoms with Crippen molar-refractivity contribution in [2.75, 3.05) is 7.11 Å². The van der Waals surface area contributed by atoms with Crippen molar-refractivity contribution in [1.82, 2.24) is 4.90 Å². The molecule has 0 aliphatic carbocycles. The average Bonchev–Trinajstić information content (AvgIpc) is 2.94. The van der Waals surface area contributed by atoms with Crippen LogP contribution in [0.15, 0.2) is 59.5 Å². The second kappa shape index (κ2) is 8.37. The van der Waals surface area contributed by atoms with E-state index in [0.717, 1.165) is 23.1 Å². The van der Waals surface area contributed by atoms with E-state index >= 15 is 0 Å². The number of thiocarbonyl (C=S) groups is 1. The van der Waals surface area contributed by atoms with Crippen LogP contribution in [0.4, 0.5) is 0 Å². The second-order valence-corrected chi connectivity index (χ2v) is 7.50. The van der Waals surface area contributed by atoms with Crippen molar-refractivity contribution in [2.45, 2.75) is 12.5 Å². The predicted octanol–water partition coefficient (Wildman–Crippen LogP) is 2.78. The summed E-state index contributed by atoms with van der Waals surface area (Å²) in [7, 11) is 1.58. The van der Waals surface area contributed by atoms with E-state index in [1.54, 1.807) is 49.6 Å². The largest absolute Gasteiger partial charge is 0.550 e. The third-order valence-electron chi connectivity index (χ3n) is 4.09. The Hall–Kier alpha value is -2.64. The molecular weight excluding hydrogens is 382 g/mol. The molecule has 7 heteroatoms. The van der Waals surface area contributed by atoms with Gasteiger partial charge in [0, 0.05) is 12.4 Å². The number of carboxylic acids is 1. The number of ether oxygens (including phenoxy) is 1. The lowest BCUT2D eigenvalue weighted by Crippen LogP contribution is -2.37. The molecule has 1 atom stereocenters. The van der Waals surface area contributed by atoms with Crippen LogP contribution in [0.5, 0.6) is 5.75 Å². The van der Waals surface area contributed by atoms with E-state index < -0.39 is 12.0 Å². The molecule has 1 aliphatic heterocycles. The van der Waals surface area contributed by atoms with E-state index in [9.17, 15) is 14.7 Å². The Kier molecular flexibility index (Phi) is 5.93. The lowest BCUT2D eigenvalue weighted by atomic mass is 10.0. The highest BCUT2D eigenvalue weighted by atomic mass is 32.2. The Morgan fingerprint density at radius 1 is 1.22 bits per heavy atom. The summed E-state index contributed by atoms with van der Waals surface area (Å²) >= 11 is 6.53. The fourth-order valence-corrected chi connectivity index (χ4v) is 4.15. The Bertz CT molecular complexity index is 894. The van der Waals surface area contributed by atoms with Crippen LogP contribution in [-0.4, -0.2) is 28.2 Å². The van der Waals surface area contributed by atoms with Gasteiger partial charge in [-0.1, -0.05) is 66.4 Å². The molecule has 2 aromatic rings. The standard InChI is InChI=1S/C20H17NO4S2/c1-25-15-9-7-13(8-10-15)11-17-19(24)21(20(26)27-17)16(12-18(22)23)14-5-3-2-4-6-14/h2-11,16H,12H2,1H3,(H,22,23)/p-1/t16-/m1/s1. The van der Waals surface area contributed by atoms with Gasteiger partial charge in [-0.25, -0.2) is 0 Å². The molecule has 1 saturated heterocycles. The SMILES string of the molecule is COc1ccc(C=C2SC(=S)N([C@H](CC(=O)[O-])c3ccccc3)C2=O)cc1. The van der Waals surface area contributed by atoms with Crippen LogP contribution in [0.25, 0.3) is 6.08 Å². The van der Waals surface area contributed by atoms with Gasteiger partial charge in [0.1, 0.15) is 10.1 Å². The summed E-state index contributed by atoms with van der Waals surface area (Å²) in [6, 6.07) is 15.5. The number of nitrogens with zero attached hydrogens (tertiary/aromatic N) is 1. The molecule has 0 unspecified atom stereocenters. The molecule has 138 valence electrons. The van der Waals surface area contributed by atoms with Crippen molar-refractivity contribution < 1.29 is 19.4 Å². The van der Waals surface area contributed by atoms with Crippen LogP contribution in [0.2, 0.25) is 0 Å². The molecule has 5 nitrogen and oxygen atoms in total. The van der Waals surface area contributed by atoms with E-state index in [1.807, 2.05) is 18.2 Å². The molecule has 1 heterocycles. The number of carbonyl (C=O) groups excluding carboxylic acids is 2. The van der Waals surface area contributed by atoms with Crippen LogP contribution in [0, 0.1) is 0 Å². The Labute approximate surface area is 166 Å². The molecule has 0 spiro atoms. The second-order valence-electron chi connectivity index (χ2n) is 5.83. The smallest absolute Gasteiger partial charge is 0.266 e. The van der Waals surface area contributed by atoms with Gasteiger partial charge in [0.15, 0.2) is 0 Å². The molecule has 1 fully saturated rings. The highest BCUT2D eigenvalue weighted by Gasteiger charge is 2.37. The molecule has 1 aliphatic rings. The van der Waals surface area contributed by atoms with E-state index in [2.05, 4.69) is 0 Å².